The van der Waals surface area contributed by atoms with Crippen molar-refractivity contribution in [3.05, 3.63) is 47.0 Å². The van der Waals surface area contributed by atoms with Crippen molar-refractivity contribution in [1.29, 1.82) is 0 Å². The summed E-state index contributed by atoms with van der Waals surface area (Å²) in [6.07, 6.45) is 5.64. The van der Waals surface area contributed by atoms with Gasteiger partial charge in [0.15, 0.2) is 11.6 Å². The molecule has 1 nitrogen and oxygen atoms in total. The monoisotopic (exact) mass is 238 g/mol. The molecule has 1 aromatic carbocycles. The first-order chi connectivity index (χ1) is 8.03. The fraction of sp³-hybridized carbons (Fsp3) is 0.429. The zero-order valence-corrected chi connectivity index (χ0v) is 9.84. The summed E-state index contributed by atoms with van der Waals surface area (Å²) in [6, 6.07) is 3.92. The van der Waals surface area contributed by atoms with Gasteiger partial charge in [-0.15, -0.1) is 0 Å². The minimum Gasteiger partial charge on any atom is -0.381 e. The van der Waals surface area contributed by atoms with Crippen molar-refractivity contribution in [2.24, 2.45) is 0 Å². The van der Waals surface area contributed by atoms with E-state index in [9.17, 15) is 13.9 Å². The molecule has 0 saturated carbocycles. The molecule has 3 heteroatoms. The van der Waals surface area contributed by atoms with Crippen LogP contribution in [0.15, 0.2) is 29.8 Å². The number of hydrogen-bond acceptors (Lipinski definition) is 1. The van der Waals surface area contributed by atoms with Crippen LogP contribution in [0.1, 0.15) is 38.2 Å². The average molecular weight is 238 g/mol. The summed E-state index contributed by atoms with van der Waals surface area (Å²) in [7, 11) is 0. The van der Waals surface area contributed by atoms with Crippen LogP contribution in [0.3, 0.4) is 0 Å². The predicted octanol–water partition coefficient (Wildman–Crippen LogP) is 3.67. The number of rotatable bonds is 2. The summed E-state index contributed by atoms with van der Waals surface area (Å²) >= 11 is 0. The highest BCUT2D eigenvalue weighted by Gasteiger charge is 2.32. The molecule has 1 atom stereocenters. The van der Waals surface area contributed by atoms with E-state index in [1.54, 1.807) is 0 Å². The normalized spacial score (nSPS) is 19.6. The lowest BCUT2D eigenvalue weighted by Gasteiger charge is -2.29. The highest BCUT2D eigenvalue weighted by molar-refractivity contribution is 5.34. The molecule has 17 heavy (non-hydrogen) atoms. The lowest BCUT2D eigenvalue weighted by Crippen LogP contribution is -2.27. The molecule has 1 aromatic rings. The van der Waals surface area contributed by atoms with E-state index in [-0.39, 0.29) is 5.56 Å². The number of halogens is 2. The quantitative estimate of drug-likeness (QED) is 0.779. The molecule has 1 unspecified atom stereocenters. The van der Waals surface area contributed by atoms with Crippen molar-refractivity contribution in [3.63, 3.8) is 0 Å². The molecule has 0 radical (unpaired) electrons. The van der Waals surface area contributed by atoms with Crippen molar-refractivity contribution >= 4 is 0 Å². The van der Waals surface area contributed by atoms with Crippen LogP contribution in [0.5, 0.6) is 0 Å². The first-order valence-electron chi connectivity index (χ1n) is 5.90. The first-order valence-corrected chi connectivity index (χ1v) is 5.90. The van der Waals surface area contributed by atoms with Gasteiger partial charge in [-0.2, -0.15) is 0 Å². The van der Waals surface area contributed by atoms with E-state index >= 15 is 0 Å². The number of benzene rings is 1. The fourth-order valence-electron chi connectivity index (χ4n) is 2.33. The molecule has 1 aliphatic rings. The fourth-order valence-corrected chi connectivity index (χ4v) is 2.33. The van der Waals surface area contributed by atoms with Crippen LogP contribution < -0.4 is 0 Å². The molecular weight excluding hydrogens is 222 g/mol. The molecule has 0 spiro atoms. The van der Waals surface area contributed by atoms with Crippen LogP contribution in [-0.2, 0) is 5.60 Å². The molecule has 2 rings (SSSR count). The van der Waals surface area contributed by atoms with Crippen LogP contribution in [0.25, 0.3) is 0 Å². The zero-order chi connectivity index (χ0) is 12.5. The first kappa shape index (κ1) is 12.2. The summed E-state index contributed by atoms with van der Waals surface area (Å²) in [4.78, 5) is 0. The molecule has 0 amide bonds. The van der Waals surface area contributed by atoms with Gasteiger partial charge in [-0.05, 0) is 44.2 Å². The molecule has 0 heterocycles. The Hall–Kier alpha value is -1.22. The maximum Gasteiger partial charge on any atom is 0.165 e. The predicted molar refractivity (Wildman–Crippen MR) is 62.5 cm³/mol. The maximum atomic E-state index is 13.7. The standard InChI is InChI=1S/C14H16F2O/c1-14(17,10-6-3-2-4-7-10)11-8-5-9-12(15)13(11)16/h5-6,8-9,17H,2-4,7H2,1H3. The molecule has 1 aliphatic carbocycles. The Balaban J connectivity index is 2.43. The molecule has 0 fully saturated rings. The summed E-state index contributed by atoms with van der Waals surface area (Å²) in [5, 5.41) is 10.4. The Labute approximate surface area is 99.8 Å². The van der Waals surface area contributed by atoms with Crippen LogP contribution in [0.4, 0.5) is 8.78 Å². The second-order valence-electron chi connectivity index (χ2n) is 4.65. The van der Waals surface area contributed by atoms with E-state index in [4.69, 9.17) is 0 Å². The minimum atomic E-state index is -1.41. The van der Waals surface area contributed by atoms with Crippen molar-refractivity contribution in [2.75, 3.05) is 0 Å². The van der Waals surface area contributed by atoms with Gasteiger partial charge < -0.3 is 5.11 Å². The highest BCUT2D eigenvalue weighted by Crippen LogP contribution is 2.36. The van der Waals surface area contributed by atoms with E-state index in [1.165, 1.54) is 19.1 Å². The van der Waals surface area contributed by atoms with Gasteiger partial charge in [0.05, 0.1) is 0 Å². The molecule has 0 saturated heterocycles. The second kappa shape index (κ2) is 4.57. The SMILES string of the molecule is CC(O)(C1=CCCCC1)c1cccc(F)c1F. The van der Waals surface area contributed by atoms with Gasteiger partial charge in [-0.25, -0.2) is 8.78 Å². The molecule has 0 bridgehead atoms. The lowest BCUT2D eigenvalue weighted by molar-refractivity contribution is 0.0865. The van der Waals surface area contributed by atoms with Gasteiger partial charge >= 0.3 is 0 Å². The van der Waals surface area contributed by atoms with E-state index in [0.717, 1.165) is 37.3 Å². The molecule has 1 N–H and O–H groups in total. The van der Waals surface area contributed by atoms with Gasteiger partial charge in [-0.1, -0.05) is 18.2 Å². The molecule has 0 aromatic heterocycles. The van der Waals surface area contributed by atoms with Gasteiger partial charge in [0.2, 0.25) is 0 Å². The van der Waals surface area contributed by atoms with E-state index in [0.29, 0.717) is 0 Å². The lowest BCUT2D eigenvalue weighted by atomic mass is 9.82. The summed E-state index contributed by atoms with van der Waals surface area (Å²) < 4.78 is 26.9. The van der Waals surface area contributed by atoms with E-state index in [2.05, 4.69) is 0 Å². The van der Waals surface area contributed by atoms with E-state index < -0.39 is 17.2 Å². The second-order valence-corrected chi connectivity index (χ2v) is 4.65. The summed E-state index contributed by atoms with van der Waals surface area (Å²) in [5.74, 6) is -1.87. The third kappa shape index (κ3) is 2.25. The maximum absolute atomic E-state index is 13.7. The van der Waals surface area contributed by atoms with Crippen molar-refractivity contribution in [1.82, 2.24) is 0 Å². The topological polar surface area (TPSA) is 20.2 Å². The smallest absolute Gasteiger partial charge is 0.165 e. The van der Waals surface area contributed by atoms with Crippen LogP contribution >= 0.6 is 0 Å². The van der Waals surface area contributed by atoms with Crippen LogP contribution in [-0.4, -0.2) is 5.11 Å². The van der Waals surface area contributed by atoms with E-state index in [1.807, 2.05) is 6.08 Å². The zero-order valence-electron chi connectivity index (χ0n) is 9.84. The van der Waals surface area contributed by atoms with Crippen LogP contribution in [0, 0.1) is 11.6 Å². The Kier molecular flexibility index (Phi) is 3.29. The third-order valence-corrected chi connectivity index (χ3v) is 3.39. The summed E-state index contributed by atoms with van der Waals surface area (Å²) in [5.41, 5.74) is -0.606. The minimum absolute atomic E-state index is 0.0191. The molecular formula is C14H16F2O. The Morgan fingerprint density at radius 2 is 2.00 bits per heavy atom. The van der Waals surface area contributed by atoms with Gasteiger partial charge in [0, 0.05) is 5.56 Å². The Morgan fingerprint density at radius 1 is 1.24 bits per heavy atom. The largest absolute Gasteiger partial charge is 0.381 e. The van der Waals surface area contributed by atoms with Crippen molar-refractivity contribution < 1.29 is 13.9 Å². The highest BCUT2D eigenvalue weighted by atomic mass is 19.2. The number of aliphatic hydroxyl groups is 1. The van der Waals surface area contributed by atoms with Gasteiger partial charge in [0.1, 0.15) is 5.60 Å². The van der Waals surface area contributed by atoms with Gasteiger partial charge in [-0.3, -0.25) is 0 Å². The van der Waals surface area contributed by atoms with Crippen LogP contribution in [0.2, 0.25) is 0 Å². The summed E-state index contributed by atoms with van der Waals surface area (Å²) in [6.45, 7) is 1.53. The Bertz CT molecular complexity index is 450. The van der Waals surface area contributed by atoms with Crippen molar-refractivity contribution in [2.45, 2.75) is 38.2 Å². The molecule has 0 aliphatic heterocycles. The third-order valence-electron chi connectivity index (χ3n) is 3.39. The Morgan fingerprint density at radius 3 is 2.65 bits per heavy atom. The van der Waals surface area contributed by atoms with Gasteiger partial charge in [0.25, 0.3) is 0 Å². The molecule has 92 valence electrons. The average Bonchev–Trinajstić information content (AvgIpc) is 2.33. The van der Waals surface area contributed by atoms with Crippen molar-refractivity contribution in [3.8, 4) is 0 Å². The number of hydrogen-bond donors (Lipinski definition) is 1. The number of allylic oxidation sites excluding steroid dienone is 1.